The quantitative estimate of drug-likeness (QED) is 0.0413. The van der Waals surface area contributed by atoms with Crippen LogP contribution in [0.5, 0.6) is 0 Å². The molecule has 0 aliphatic rings. The van der Waals surface area contributed by atoms with Gasteiger partial charge >= 0.3 is 5.97 Å². The number of carbonyl (C=O) groups is 11. The van der Waals surface area contributed by atoms with Crippen molar-refractivity contribution in [2.24, 2.45) is 34.6 Å². The smallest absolute Gasteiger partial charge is 0.326 e. The minimum atomic E-state index is -1.75. The number of carboxylic acids is 1. The van der Waals surface area contributed by atoms with Crippen molar-refractivity contribution in [3.05, 3.63) is 0 Å². The van der Waals surface area contributed by atoms with Crippen LogP contribution in [0.1, 0.15) is 72.6 Å². The van der Waals surface area contributed by atoms with Gasteiger partial charge in [0.25, 0.3) is 0 Å². The second-order valence-electron chi connectivity index (χ2n) is 12.6. The summed E-state index contributed by atoms with van der Waals surface area (Å²) in [5, 5.41) is 22.9. The highest BCUT2D eigenvalue weighted by Gasteiger charge is 2.33. The molecule has 298 valence electrons. The Labute approximate surface area is 304 Å². The Morgan fingerprint density at radius 1 is 0.472 bits per heavy atom. The number of hydrogen-bond acceptors (Lipinski definition) is 12. The lowest BCUT2D eigenvalue weighted by molar-refractivity contribution is -0.142. The number of primary amides is 4. The number of carboxylic acid groups (broad SMARTS) is 1. The van der Waals surface area contributed by atoms with Crippen LogP contribution in [0.4, 0.5) is 0 Å². The number of aliphatic carboxylic acids is 1. The zero-order valence-electron chi connectivity index (χ0n) is 29.9. The fraction of sp³-hybridized carbons (Fsp3) is 0.633. The van der Waals surface area contributed by atoms with E-state index in [1.165, 1.54) is 6.92 Å². The van der Waals surface area contributed by atoms with E-state index in [0.29, 0.717) is 0 Å². The summed E-state index contributed by atoms with van der Waals surface area (Å²) >= 11 is 0. The van der Waals surface area contributed by atoms with Gasteiger partial charge in [0, 0.05) is 12.8 Å². The maximum absolute atomic E-state index is 13.2. The Morgan fingerprint density at radius 3 is 1.21 bits per heavy atom. The van der Waals surface area contributed by atoms with Crippen LogP contribution in [-0.2, 0) is 52.7 Å². The summed E-state index contributed by atoms with van der Waals surface area (Å²) in [4.78, 5) is 135. The topological polar surface area (TPSA) is 410 Å². The van der Waals surface area contributed by atoms with Crippen molar-refractivity contribution in [1.82, 2.24) is 31.9 Å². The molecule has 0 aliphatic carbocycles. The molecule has 0 unspecified atom stereocenters. The van der Waals surface area contributed by atoms with Crippen molar-refractivity contribution in [3.63, 3.8) is 0 Å². The number of carbonyl (C=O) groups excluding carboxylic acids is 10. The SMILES string of the molecule is CC(C)C[C@H](NC(=O)[C@H](C)NC(=O)[C@H](CCC(N)=O)NC(=O)[C@H](C)NC(=O)[C@H](CC(N)=O)NC(=O)[C@H](CCC(N)=O)NC(=O)[C@@H](N)CC(N)=O)C(=O)O. The number of rotatable bonds is 25. The summed E-state index contributed by atoms with van der Waals surface area (Å²) in [6, 6.07) is -10.3. The summed E-state index contributed by atoms with van der Waals surface area (Å²) < 4.78 is 0. The molecule has 0 fully saturated rings. The second kappa shape index (κ2) is 22.8. The van der Waals surface area contributed by atoms with Gasteiger partial charge in [0.15, 0.2) is 0 Å². The van der Waals surface area contributed by atoms with E-state index < -0.39 is 139 Å². The highest BCUT2D eigenvalue weighted by molar-refractivity contribution is 5.98. The van der Waals surface area contributed by atoms with Gasteiger partial charge < -0.3 is 65.7 Å². The number of hydrogen-bond donors (Lipinski definition) is 12. The zero-order valence-corrected chi connectivity index (χ0v) is 29.9. The van der Waals surface area contributed by atoms with Crippen molar-refractivity contribution in [3.8, 4) is 0 Å². The van der Waals surface area contributed by atoms with Crippen LogP contribution >= 0.6 is 0 Å². The van der Waals surface area contributed by atoms with Gasteiger partial charge in [-0.15, -0.1) is 0 Å². The van der Waals surface area contributed by atoms with Crippen molar-refractivity contribution in [2.45, 2.75) is 115 Å². The molecule has 7 atom stereocenters. The van der Waals surface area contributed by atoms with Crippen LogP contribution in [0, 0.1) is 5.92 Å². The molecule has 0 heterocycles. The maximum atomic E-state index is 13.2. The molecule has 0 aromatic carbocycles. The summed E-state index contributed by atoms with van der Waals surface area (Å²) in [5.74, 6) is -11.2. The molecular formula is C30H51N11O12. The monoisotopic (exact) mass is 757 g/mol. The van der Waals surface area contributed by atoms with E-state index in [9.17, 15) is 57.8 Å². The molecular weight excluding hydrogens is 706 g/mol. The third-order valence-corrected chi connectivity index (χ3v) is 7.25. The van der Waals surface area contributed by atoms with E-state index in [4.69, 9.17) is 28.7 Å². The van der Waals surface area contributed by atoms with Crippen molar-refractivity contribution < 1.29 is 57.8 Å². The standard InChI is InChI=1S/C30H51N11O12/c1-12(2)9-19(30(52)53)41-25(47)14(4)36-27(49)16(5-7-20(32)42)38-24(46)13(3)37-29(51)18(11-23(35)45)40-28(50)17(6-8-21(33)43)39-26(48)15(31)10-22(34)44/h12-19H,5-11,31H2,1-4H3,(H2,32,42)(H2,33,43)(H2,34,44)(H2,35,45)(H,36,49)(H,37,51)(H,38,46)(H,39,48)(H,40,50)(H,41,47)(H,52,53)/t13-,14-,15-,16-,17-,18-,19-/m0/s1. The molecule has 0 rings (SSSR count). The largest absolute Gasteiger partial charge is 0.480 e. The van der Waals surface area contributed by atoms with Gasteiger partial charge in [-0.05, 0) is 39.0 Å². The molecule has 10 amide bonds. The Bertz CT molecular complexity index is 1410. The third kappa shape index (κ3) is 19.4. The molecule has 23 heteroatoms. The van der Waals surface area contributed by atoms with E-state index in [-0.39, 0.29) is 18.8 Å². The van der Waals surface area contributed by atoms with Crippen LogP contribution in [-0.4, -0.2) is 112 Å². The molecule has 0 aromatic heterocycles. The first kappa shape index (κ1) is 47.1. The summed E-state index contributed by atoms with van der Waals surface area (Å²) in [6.07, 6.45) is -2.88. The number of nitrogens with one attached hydrogen (secondary N) is 6. The van der Waals surface area contributed by atoms with Gasteiger partial charge in [-0.1, -0.05) is 13.8 Å². The zero-order chi connectivity index (χ0) is 41.2. The second-order valence-corrected chi connectivity index (χ2v) is 12.6. The van der Waals surface area contributed by atoms with E-state index >= 15 is 0 Å². The molecule has 53 heavy (non-hydrogen) atoms. The molecule has 0 bridgehead atoms. The minimum Gasteiger partial charge on any atom is -0.480 e. The highest BCUT2D eigenvalue weighted by Crippen LogP contribution is 2.07. The molecule has 0 saturated carbocycles. The highest BCUT2D eigenvalue weighted by atomic mass is 16.4. The van der Waals surface area contributed by atoms with Crippen molar-refractivity contribution in [2.75, 3.05) is 0 Å². The van der Waals surface area contributed by atoms with Gasteiger partial charge in [0.1, 0.15) is 36.3 Å². The summed E-state index contributed by atoms with van der Waals surface area (Å²) in [6.45, 7) is 5.91. The van der Waals surface area contributed by atoms with Crippen LogP contribution < -0.4 is 60.6 Å². The van der Waals surface area contributed by atoms with Crippen LogP contribution in [0.2, 0.25) is 0 Å². The lowest BCUT2D eigenvalue weighted by Crippen LogP contribution is -2.59. The first-order valence-electron chi connectivity index (χ1n) is 16.4. The predicted molar refractivity (Wildman–Crippen MR) is 182 cm³/mol. The van der Waals surface area contributed by atoms with Gasteiger partial charge in [0.05, 0.1) is 18.9 Å². The molecule has 0 spiro atoms. The fourth-order valence-corrected chi connectivity index (χ4v) is 4.43. The van der Waals surface area contributed by atoms with E-state index in [2.05, 4.69) is 31.9 Å². The van der Waals surface area contributed by atoms with Crippen molar-refractivity contribution >= 4 is 65.0 Å². The Hall–Kier alpha value is -5.87. The van der Waals surface area contributed by atoms with E-state index in [1.54, 1.807) is 13.8 Å². The molecule has 23 nitrogen and oxygen atoms in total. The van der Waals surface area contributed by atoms with Gasteiger partial charge in [-0.3, -0.25) is 47.9 Å². The average molecular weight is 758 g/mol. The number of nitrogens with two attached hydrogens (primary N) is 5. The van der Waals surface area contributed by atoms with Gasteiger partial charge in [-0.25, -0.2) is 4.79 Å². The fourth-order valence-electron chi connectivity index (χ4n) is 4.43. The lowest BCUT2D eigenvalue weighted by Gasteiger charge is -2.25. The van der Waals surface area contributed by atoms with E-state index in [0.717, 1.165) is 6.92 Å². The van der Waals surface area contributed by atoms with Crippen LogP contribution in [0.15, 0.2) is 0 Å². The lowest BCUT2D eigenvalue weighted by atomic mass is 10.0. The Balaban J connectivity index is 5.87. The minimum absolute atomic E-state index is 0.0857. The van der Waals surface area contributed by atoms with E-state index in [1.807, 2.05) is 0 Å². The summed E-state index contributed by atoms with van der Waals surface area (Å²) in [5.41, 5.74) is 26.2. The van der Waals surface area contributed by atoms with Crippen LogP contribution in [0.3, 0.4) is 0 Å². The normalized spacial score (nSPS) is 14.8. The molecule has 0 saturated heterocycles. The molecule has 0 radical (unpaired) electrons. The Morgan fingerprint density at radius 2 is 0.830 bits per heavy atom. The molecule has 0 aliphatic heterocycles. The average Bonchev–Trinajstić information content (AvgIpc) is 3.02. The number of amides is 10. The van der Waals surface area contributed by atoms with Crippen LogP contribution in [0.25, 0.3) is 0 Å². The molecule has 0 aromatic rings. The third-order valence-electron chi connectivity index (χ3n) is 7.25. The van der Waals surface area contributed by atoms with Crippen molar-refractivity contribution in [1.29, 1.82) is 0 Å². The molecule has 17 N–H and O–H groups in total. The van der Waals surface area contributed by atoms with Gasteiger partial charge in [-0.2, -0.15) is 0 Å². The first-order chi connectivity index (χ1) is 24.4. The maximum Gasteiger partial charge on any atom is 0.326 e. The van der Waals surface area contributed by atoms with Gasteiger partial charge in [0.2, 0.25) is 59.1 Å². The first-order valence-corrected chi connectivity index (χ1v) is 16.4. The summed E-state index contributed by atoms with van der Waals surface area (Å²) in [7, 11) is 0. The Kier molecular flexibility index (Phi) is 20.3. The predicted octanol–water partition coefficient (Wildman–Crippen LogP) is -6.33.